The summed E-state index contributed by atoms with van der Waals surface area (Å²) in [5.41, 5.74) is -0.836. The number of carbonyl (C=O) groups excluding carboxylic acids is 2. The Bertz CT molecular complexity index is 908. The van der Waals surface area contributed by atoms with Crippen molar-refractivity contribution in [1.29, 1.82) is 0 Å². The highest BCUT2D eigenvalue weighted by atomic mass is 35.5. The lowest BCUT2D eigenvalue weighted by atomic mass is 10.1. The van der Waals surface area contributed by atoms with Crippen molar-refractivity contribution in [3.05, 3.63) is 40.4 Å². The van der Waals surface area contributed by atoms with Gasteiger partial charge in [-0.2, -0.15) is 13.2 Å². The Kier molecular flexibility index (Phi) is 5.65. The highest BCUT2D eigenvalue weighted by Crippen LogP contribution is 2.41. The van der Waals surface area contributed by atoms with Gasteiger partial charge >= 0.3 is 6.18 Å². The first-order chi connectivity index (χ1) is 14.2. The van der Waals surface area contributed by atoms with E-state index >= 15 is 0 Å². The van der Waals surface area contributed by atoms with E-state index in [2.05, 4.69) is 9.97 Å². The van der Waals surface area contributed by atoms with Gasteiger partial charge in [0.05, 0.1) is 5.56 Å². The van der Waals surface area contributed by atoms with Crippen LogP contribution >= 0.6 is 11.6 Å². The molecule has 10 heteroatoms. The van der Waals surface area contributed by atoms with Crippen molar-refractivity contribution >= 4 is 23.4 Å². The summed E-state index contributed by atoms with van der Waals surface area (Å²) in [6.07, 6.45) is 1.23. The standard InChI is InChI=1S/C20H22ClF3N4O2/c21-18-17(19(30)28-6-5-27(16(29)11-28)10-12-1-2-12)25-9-15(20(22,23)24)7-14(8-26-18)13-3-4-13/h7-9,12-13,26H,1-6,10-11H2. The molecular formula is C20H22ClF3N4O2. The maximum atomic E-state index is 13.4. The van der Waals surface area contributed by atoms with E-state index < -0.39 is 17.6 Å². The first-order valence-corrected chi connectivity index (χ1v) is 10.4. The molecule has 0 unspecified atom stereocenters. The minimum Gasteiger partial charge on any atom is -0.350 e. The van der Waals surface area contributed by atoms with Crippen molar-refractivity contribution < 1.29 is 22.8 Å². The van der Waals surface area contributed by atoms with Crippen LogP contribution in [0.15, 0.2) is 18.5 Å². The topological polar surface area (TPSA) is 69.3 Å². The maximum Gasteiger partial charge on any atom is 0.417 e. The van der Waals surface area contributed by atoms with Crippen molar-refractivity contribution in [3.63, 3.8) is 0 Å². The Morgan fingerprint density at radius 3 is 2.57 bits per heavy atom. The summed E-state index contributed by atoms with van der Waals surface area (Å²) in [7, 11) is 0. The van der Waals surface area contributed by atoms with E-state index in [0.29, 0.717) is 30.8 Å². The molecule has 1 N–H and O–H groups in total. The Balaban J connectivity index is 1.62. The van der Waals surface area contributed by atoms with Crippen LogP contribution < -0.4 is 0 Å². The van der Waals surface area contributed by atoms with Crippen molar-refractivity contribution in [2.75, 3.05) is 26.2 Å². The molecule has 2 heterocycles. The molecule has 0 aromatic carbocycles. The number of halogens is 4. The minimum absolute atomic E-state index is 0.0298. The monoisotopic (exact) mass is 442 g/mol. The third-order valence-corrected chi connectivity index (χ3v) is 5.88. The summed E-state index contributed by atoms with van der Waals surface area (Å²) >= 11 is 6.20. The molecular weight excluding hydrogens is 421 g/mol. The van der Waals surface area contributed by atoms with Gasteiger partial charge in [-0.3, -0.25) is 9.59 Å². The smallest absolute Gasteiger partial charge is 0.350 e. The molecule has 0 radical (unpaired) electrons. The van der Waals surface area contributed by atoms with Gasteiger partial charge in [0.1, 0.15) is 11.7 Å². The number of aromatic nitrogens is 2. The fourth-order valence-corrected chi connectivity index (χ4v) is 3.64. The number of H-pyrrole nitrogens is 1. The Morgan fingerprint density at radius 2 is 1.97 bits per heavy atom. The third-order valence-electron chi connectivity index (χ3n) is 5.59. The van der Waals surface area contributed by atoms with E-state index in [9.17, 15) is 22.8 Å². The molecule has 0 bridgehead atoms. The molecule has 30 heavy (non-hydrogen) atoms. The summed E-state index contributed by atoms with van der Waals surface area (Å²) in [5.74, 6) is -0.281. The Labute approximate surface area is 176 Å². The SMILES string of the molecule is O=C1CN(C(=O)c2ncc(C(F)(F)F)cc(C3CC3)c[nH]c2Cl)CCN1CC1CC1. The highest BCUT2D eigenvalue weighted by Gasteiger charge is 2.34. The van der Waals surface area contributed by atoms with Gasteiger partial charge in [0.15, 0.2) is 5.69 Å². The molecule has 1 aromatic heterocycles. The normalized spacial score (nSPS) is 19.7. The lowest BCUT2D eigenvalue weighted by Gasteiger charge is -2.34. The molecule has 0 atom stereocenters. The zero-order valence-electron chi connectivity index (χ0n) is 16.2. The number of rotatable bonds is 4. The highest BCUT2D eigenvalue weighted by molar-refractivity contribution is 6.32. The van der Waals surface area contributed by atoms with Gasteiger partial charge in [-0.1, -0.05) is 11.6 Å². The van der Waals surface area contributed by atoms with E-state index in [0.717, 1.165) is 31.7 Å². The molecule has 4 rings (SSSR count). The minimum atomic E-state index is -4.62. The number of carbonyl (C=O) groups is 2. The average molecular weight is 443 g/mol. The lowest BCUT2D eigenvalue weighted by molar-refractivity contribution is -0.138. The number of alkyl halides is 3. The quantitative estimate of drug-likeness (QED) is 0.771. The number of nitrogens with zero attached hydrogens (tertiary/aromatic N) is 3. The predicted molar refractivity (Wildman–Crippen MR) is 103 cm³/mol. The van der Waals surface area contributed by atoms with Crippen LogP contribution in [0.3, 0.4) is 0 Å². The van der Waals surface area contributed by atoms with Gasteiger partial charge in [-0.25, -0.2) is 4.98 Å². The van der Waals surface area contributed by atoms with E-state index in [4.69, 9.17) is 11.6 Å². The number of aromatic amines is 1. The van der Waals surface area contributed by atoms with Crippen molar-refractivity contribution in [3.8, 4) is 0 Å². The number of nitrogens with one attached hydrogen (secondary N) is 1. The van der Waals surface area contributed by atoms with Crippen molar-refractivity contribution in [2.24, 2.45) is 5.92 Å². The van der Waals surface area contributed by atoms with Crippen LogP contribution in [0.5, 0.6) is 0 Å². The molecule has 3 fully saturated rings. The van der Waals surface area contributed by atoms with Crippen LogP contribution in [-0.2, 0) is 11.0 Å². The number of amides is 2. The Hall–Kier alpha value is -2.29. The van der Waals surface area contributed by atoms with Crippen LogP contribution in [0.1, 0.15) is 53.2 Å². The van der Waals surface area contributed by atoms with Gasteiger partial charge in [0, 0.05) is 32.0 Å². The lowest BCUT2D eigenvalue weighted by Crippen LogP contribution is -2.52. The second-order valence-corrected chi connectivity index (χ2v) is 8.47. The first kappa shape index (κ1) is 21.0. The van der Waals surface area contributed by atoms with Crippen LogP contribution in [0, 0.1) is 5.92 Å². The van der Waals surface area contributed by atoms with Gasteiger partial charge in [0.25, 0.3) is 5.91 Å². The second kappa shape index (κ2) is 8.09. The van der Waals surface area contributed by atoms with Crippen molar-refractivity contribution in [2.45, 2.75) is 37.8 Å². The molecule has 162 valence electrons. The van der Waals surface area contributed by atoms with E-state index in [1.54, 1.807) is 4.90 Å². The number of piperazine rings is 1. The largest absolute Gasteiger partial charge is 0.417 e. The van der Waals surface area contributed by atoms with Gasteiger partial charge < -0.3 is 14.8 Å². The van der Waals surface area contributed by atoms with Gasteiger partial charge in [-0.15, -0.1) is 0 Å². The van der Waals surface area contributed by atoms with Crippen LogP contribution in [-0.4, -0.2) is 57.8 Å². The number of hydrogen-bond acceptors (Lipinski definition) is 3. The van der Waals surface area contributed by atoms with Crippen LogP contribution in [0.4, 0.5) is 13.2 Å². The van der Waals surface area contributed by atoms with Crippen LogP contribution in [0.25, 0.3) is 0 Å². The maximum absolute atomic E-state index is 13.4. The predicted octanol–water partition coefficient (Wildman–Crippen LogP) is 3.78. The fourth-order valence-electron chi connectivity index (χ4n) is 3.46. The van der Waals surface area contributed by atoms with E-state index in [1.165, 1.54) is 11.1 Å². The summed E-state index contributed by atoms with van der Waals surface area (Å²) in [6.45, 7) is 1.23. The molecule has 2 aliphatic carbocycles. The zero-order valence-corrected chi connectivity index (χ0v) is 17.0. The summed E-state index contributed by atoms with van der Waals surface area (Å²) in [5, 5.41) is -0.168. The third kappa shape index (κ3) is 4.88. The molecule has 0 spiro atoms. The fraction of sp³-hybridized carbons (Fsp3) is 0.550. The second-order valence-electron chi connectivity index (χ2n) is 8.09. The first-order valence-electron chi connectivity index (χ1n) is 9.98. The molecule has 2 saturated carbocycles. The zero-order chi connectivity index (χ0) is 21.5. The van der Waals surface area contributed by atoms with Crippen molar-refractivity contribution in [1.82, 2.24) is 19.8 Å². The summed E-state index contributed by atoms with van der Waals surface area (Å²) in [6, 6.07) is 1.03. The molecule has 1 aromatic rings. The van der Waals surface area contributed by atoms with E-state index in [1.807, 2.05) is 0 Å². The van der Waals surface area contributed by atoms with Gasteiger partial charge in [-0.05, 0) is 49.1 Å². The average Bonchev–Trinajstić information content (AvgIpc) is 3.58. The Morgan fingerprint density at radius 1 is 1.23 bits per heavy atom. The summed E-state index contributed by atoms with van der Waals surface area (Å²) < 4.78 is 40.3. The van der Waals surface area contributed by atoms with Gasteiger partial charge in [0.2, 0.25) is 5.91 Å². The molecule has 1 aliphatic heterocycles. The molecule has 6 nitrogen and oxygen atoms in total. The number of hydrogen-bond donors (Lipinski definition) is 1. The molecule has 1 saturated heterocycles. The molecule has 3 aliphatic rings. The van der Waals surface area contributed by atoms with E-state index in [-0.39, 0.29) is 35.8 Å². The van der Waals surface area contributed by atoms with Crippen LogP contribution in [0.2, 0.25) is 5.15 Å². The summed E-state index contributed by atoms with van der Waals surface area (Å²) in [4.78, 5) is 34.8. The molecule has 2 amide bonds.